The standard InChI is InChI=1S/C31H44N10.2CH4/c1-7-40(28-16-12-26(13-17-28)32-34-30-36(3)22-23-37(30)4)20-10-9-11-21-41(8-2)29-18-14-27(15-19-29)33-35-31-38(5)24-25-39(31)6;;/h12-19,22-25H,7-11,20-21H2,1-6H3;2*1H4/q+2;;. The molecule has 0 radical (unpaired) electrons. The molecular weight excluding hydrogens is 536 g/mol. The lowest BCUT2D eigenvalue weighted by Crippen LogP contribution is -2.25. The van der Waals surface area contributed by atoms with Gasteiger partial charge < -0.3 is 9.80 Å². The van der Waals surface area contributed by atoms with Crippen molar-refractivity contribution in [3.63, 3.8) is 0 Å². The van der Waals surface area contributed by atoms with Crippen LogP contribution >= 0.6 is 0 Å². The molecule has 4 aromatic rings. The van der Waals surface area contributed by atoms with Crippen LogP contribution in [0.2, 0.25) is 0 Å². The first-order valence-electron chi connectivity index (χ1n) is 14.4. The maximum absolute atomic E-state index is 4.41. The Balaban J connectivity index is 0.00000323. The molecule has 0 bridgehead atoms. The van der Waals surface area contributed by atoms with Crippen molar-refractivity contribution in [2.24, 2.45) is 48.6 Å². The summed E-state index contributed by atoms with van der Waals surface area (Å²) in [5, 5.41) is 17.6. The second-order valence-corrected chi connectivity index (χ2v) is 10.3. The van der Waals surface area contributed by atoms with Crippen molar-refractivity contribution >= 4 is 34.6 Å². The minimum Gasteiger partial charge on any atom is -0.372 e. The van der Waals surface area contributed by atoms with Crippen LogP contribution in [0.1, 0.15) is 48.0 Å². The number of unbranched alkanes of at least 4 members (excludes halogenated alkanes) is 2. The molecular formula is C33H52N10+2. The molecule has 4 rings (SSSR count). The molecule has 0 spiro atoms. The van der Waals surface area contributed by atoms with Crippen LogP contribution in [0, 0.1) is 0 Å². The van der Waals surface area contributed by atoms with Gasteiger partial charge in [-0.25, -0.2) is 18.3 Å². The number of benzene rings is 2. The summed E-state index contributed by atoms with van der Waals surface area (Å²) in [7, 11) is 7.87. The van der Waals surface area contributed by atoms with Crippen LogP contribution in [-0.4, -0.2) is 35.3 Å². The highest BCUT2D eigenvalue weighted by molar-refractivity contribution is 5.53. The zero-order valence-electron chi connectivity index (χ0n) is 25.4. The zero-order valence-corrected chi connectivity index (χ0v) is 25.4. The van der Waals surface area contributed by atoms with Gasteiger partial charge in [-0.15, -0.1) is 0 Å². The second kappa shape index (κ2) is 16.9. The quantitative estimate of drug-likeness (QED) is 0.0863. The summed E-state index contributed by atoms with van der Waals surface area (Å²) in [5.74, 6) is 1.62. The first-order valence-corrected chi connectivity index (χ1v) is 14.4. The highest BCUT2D eigenvalue weighted by atomic mass is 15.3. The smallest absolute Gasteiger partial charge is 0.372 e. The van der Waals surface area contributed by atoms with Gasteiger partial charge in [0.1, 0.15) is 11.4 Å². The van der Waals surface area contributed by atoms with E-state index in [0.29, 0.717) is 0 Å². The molecule has 232 valence electrons. The summed E-state index contributed by atoms with van der Waals surface area (Å²) in [6.07, 6.45) is 11.4. The summed E-state index contributed by atoms with van der Waals surface area (Å²) in [6, 6.07) is 16.7. The molecule has 0 saturated carbocycles. The average molecular weight is 589 g/mol. The number of hydrogen-bond donors (Lipinski definition) is 0. The fourth-order valence-corrected chi connectivity index (χ4v) is 4.83. The Morgan fingerprint density at radius 3 is 1.26 bits per heavy atom. The number of aromatic nitrogens is 4. The maximum atomic E-state index is 4.41. The van der Waals surface area contributed by atoms with E-state index in [2.05, 4.69) is 68.4 Å². The predicted octanol–water partition coefficient (Wildman–Crippen LogP) is 7.64. The summed E-state index contributed by atoms with van der Waals surface area (Å²) >= 11 is 0. The number of hydrogen-bond acceptors (Lipinski definition) is 6. The molecule has 0 unspecified atom stereocenters. The fraction of sp³-hybridized carbons (Fsp3) is 0.455. The highest BCUT2D eigenvalue weighted by Gasteiger charge is 2.12. The van der Waals surface area contributed by atoms with Crippen LogP contribution in [-0.2, 0) is 28.2 Å². The van der Waals surface area contributed by atoms with Crippen molar-refractivity contribution < 1.29 is 9.13 Å². The molecule has 2 aromatic carbocycles. The maximum Gasteiger partial charge on any atom is 0.421 e. The lowest BCUT2D eigenvalue weighted by molar-refractivity contribution is -0.657. The van der Waals surface area contributed by atoms with Gasteiger partial charge in [0, 0.05) is 47.8 Å². The SMILES string of the molecule is C.C.CCN(CCCCCN(CC)c1ccc(N=Nc2n(C)cc[n+]2C)cc1)c1ccc(N=Nc2n(C)cc[n+]2C)cc1. The number of imidazole rings is 2. The first kappa shape index (κ1) is 34.9. The van der Waals surface area contributed by atoms with Gasteiger partial charge >= 0.3 is 11.9 Å². The molecule has 0 N–H and O–H groups in total. The van der Waals surface area contributed by atoms with E-state index >= 15 is 0 Å². The van der Waals surface area contributed by atoms with Crippen molar-refractivity contribution in [3.8, 4) is 0 Å². The molecule has 43 heavy (non-hydrogen) atoms. The van der Waals surface area contributed by atoms with Crippen LogP contribution < -0.4 is 18.9 Å². The lowest BCUT2D eigenvalue weighted by Gasteiger charge is -2.25. The van der Waals surface area contributed by atoms with Crippen LogP contribution in [0.25, 0.3) is 0 Å². The number of rotatable bonds is 14. The van der Waals surface area contributed by atoms with E-state index < -0.39 is 0 Å². The molecule has 0 amide bonds. The minimum atomic E-state index is 0. The third kappa shape index (κ3) is 9.33. The Morgan fingerprint density at radius 1 is 0.581 bits per heavy atom. The molecule has 0 saturated heterocycles. The van der Waals surface area contributed by atoms with E-state index in [1.807, 2.05) is 95.5 Å². The molecule has 10 nitrogen and oxygen atoms in total. The predicted molar refractivity (Wildman–Crippen MR) is 178 cm³/mol. The van der Waals surface area contributed by atoms with E-state index in [1.54, 1.807) is 0 Å². The van der Waals surface area contributed by atoms with E-state index in [0.717, 1.165) is 62.3 Å². The fourth-order valence-electron chi connectivity index (χ4n) is 4.83. The van der Waals surface area contributed by atoms with Crippen molar-refractivity contribution in [2.45, 2.75) is 48.0 Å². The van der Waals surface area contributed by atoms with E-state index in [-0.39, 0.29) is 14.9 Å². The molecule has 0 aliphatic heterocycles. The van der Waals surface area contributed by atoms with Crippen LogP contribution in [0.5, 0.6) is 0 Å². The van der Waals surface area contributed by atoms with Crippen molar-refractivity contribution in [3.05, 3.63) is 73.3 Å². The Kier molecular flexibility index (Phi) is 13.7. The summed E-state index contributed by atoms with van der Waals surface area (Å²) in [6.45, 7) is 8.47. The molecule has 0 fully saturated rings. The van der Waals surface area contributed by atoms with Gasteiger partial charge in [-0.1, -0.05) is 25.1 Å². The van der Waals surface area contributed by atoms with Crippen LogP contribution in [0.3, 0.4) is 0 Å². The van der Waals surface area contributed by atoms with Gasteiger partial charge in [0.25, 0.3) is 0 Å². The normalized spacial score (nSPS) is 11.1. The summed E-state index contributed by atoms with van der Waals surface area (Å²) in [4.78, 5) is 4.86. The van der Waals surface area contributed by atoms with Crippen LogP contribution in [0.4, 0.5) is 34.6 Å². The third-order valence-electron chi connectivity index (χ3n) is 7.35. The van der Waals surface area contributed by atoms with Gasteiger partial charge in [0.2, 0.25) is 0 Å². The molecule has 0 aliphatic rings. The van der Waals surface area contributed by atoms with Gasteiger partial charge in [0.15, 0.2) is 0 Å². The monoisotopic (exact) mass is 588 g/mol. The van der Waals surface area contributed by atoms with E-state index in [4.69, 9.17) is 0 Å². The second-order valence-electron chi connectivity index (χ2n) is 10.3. The Labute approximate surface area is 258 Å². The molecule has 10 heteroatoms. The number of anilines is 2. The topological polar surface area (TPSA) is 73.5 Å². The Hall–Kier alpha value is -4.34. The first-order chi connectivity index (χ1) is 19.9. The van der Waals surface area contributed by atoms with E-state index in [1.165, 1.54) is 17.8 Å². The minimum absolute atomic E-state index is 0. The summed E-state index contributed by atoms with van der Waals surface area (Å²) < 4.78 is 7.81. The van der Waals surface area contributed by atoms with E-state index in [9.17, 15) is 0 Å². The van der Waals surface area contributed by atoms with Gasteiger partial charge in [-0.05, 0) is 81.6 Å². The lowest BCUT2D eigenvalue weighted by atomic mass is 10.2. The van der Waals surface area contributed by atoms with Crippen molar-refractivity contribution in [1.82, 2.24) is 9.13 Å². The Morgan fingerprint density at radius 2 is 0.953 bits per heavy atom. The molecule has 0 aliphatic carbocycles. The van der Waals surface area contributed by atoms with Gasteiger partial charge in [-0.3, -0.25) is 0 Å². The van der Waals surface area contributed by atoms with Gasteiger partial charge in [-0.2, -0.15) is 0 Å². The summed E-state index contributed by atoms with van der Waals surface area (Å²) in [5.41, 5.74) is 4.16. The number of nitrogens with zero attached hydrogens (tertiary/aromatic N) is 10. The average Bonchev–Trinajstić information content (AvgIpc) is 3.49. The van der Waals surface area contributed by atoms with Gasteiger partial charge in [0.05, 0.1) is 53.0 Å². The Bertz CT molecular complexity index is 1280. The highest BCUT2D eigenvalue weighted by Crippen LogP contribution is 2.23. The van der Waals surface area contributed by atoms with Crippen LogP contribution in [0.15, 0.2) is 93.8 Å². The van der Waals surface area contributed by atoms with Crippen molar-refractivity contribution in [2.75, 3.05) is 36.0 Å². The molecule has 2 aromatic heterocycles. The largest absolute Gasteiger partial charge is 0.421 e. The zero-order chi connectivity index (χ0) is 29.2. The van der Waals surface area contributed by atoms with Crippen molar-refractivity contribution in [1.29, 1.82) is 0 Å². The molecule has 0 atom stereocenters. The number of aryl methyl sites for hydroxylation is 4. The molecule has 2 heterocycles. The number of azo groups is 2. The third-order valence-corrected chi connectivity index (χ3v) is 7.35.